The molecule has 2 radical (unpaired) electrons. The van der Waals surface area contributed by atoms with Crippen molar-refractivity contribution < 1.29 is 4.74 Å². The Hall–Kier alpha value is -1.43. The summed E-state index contributed by atoms with van der Waals surface area (Å²) in [6, 6.07) is 7.30. The number of nitrogens with zero attached hydrogens (tertiary/aromatic N) is 1. The molecule has 1 rings (SSSR count). The second kappa shape index (κ2) is 3.82. The summed E-state index contributed by atoms with van der Waals surface area (Å²) in [7, 11) is 7.03. The van der Waals surface area contributed by atoms with E-state index in [1.165, 1.54) is 0 Å². The Morgan fingerprint density at radius 1 is 1.58 bits per heavy atom. The van der Waals surface area contributed by atoms with Crippen molar-refractivity contribution in [1.29, 1.82) is 5.26 Å². The van der Waals surface area contributed by atoms with Crippen LogP contribution in [0.25, 0.3) is 0 Å². The van der Waals surface area contributed by atoms with Crippen LogP contribution in [-0.2, 0) is 6.32 Å². The Labute approximate surface area is 73.2 Å². The van der Waals surface area contributed by atoms with E-state index in [1.807, 2.05) is 0 Å². The summed E-state index contributed by atoms with van der Waals surface area (Å²) >= 11 is 0. The fourth-order valence-electron chi connectivity index (χ4n) is 0.975. The molecule has 12 heavy (non-hydrogen) atoms. The maximum atomic E-state index is 8.67. The van der Waals surface area contributed by atoms with Crippen LogP contribution >= 0.6 is 0 Å². The Bertz CT molecular complexity index is 317. The first-order valence-corrected chi connectivity index (χ1v) is 3.59. The van der Waals surface area contributed by atoms with E-state index in [4.69, 9.17) is 17.8 Å². The van der Waals surface area contributed by atoms with Gasteiger partial charge in [-0.3, -0.25) is 0 Å². The molecule has 0 aliphatic carbocycles. The zero-order valence-electron chi connectivity index (χ0n) is 6.87. The summed E-state index contributed by atoms with van der Waals surface area (Å²) in [6.07, 6.45) is 0.361. The highest BCUT2D eigenvalue weighted by Gasteiger charge is 2.00. The summed E-state index contributed by atoms with van der Waals surface area (Å²) < 4.78 is 4.99. The van der Waals surface area contributed by atoms with Gasteiger partial charge in [0.2, 0.25) is 0 Å². The first-order valence-electron chi connectivity index (χ1n) is 3.59. The molecule has 0 spiro atoms. The standard InChI is InChI=1S/C9H8BNO/c1-12-9-3-2-7(6-11)8(4-9)5-10/h2-4H,5H2,1H3. The Morgan fingerprint density at radius 2 is 2.33 bits per heavy atom. The third-order valence-corrected chi connectivity index (χ3v) is 1.65. The van der Waals surface area contributed by atoms with Crippen molar-refractivity contribution in [3.05, 3.63) is 29.3 Å². The Kier molecular flexibility index (Phi) is 2.76. The van der Waals surface area contributed by atoms with E-state index in [0.29, 0.717) is 11.9 Å². The number of benzene rings is 1. The van der Waals surface area contributed by atoms with E-state index in [9.17, 15) is 0 Å². The van der Waals surface area contributed by atoms with Crippen LogP contribution in [0.4, 0.5) is 0 Å². The van der Waals surface area contributed by atoms with E-state index in [1.54, 1.807) is 25.3 Å². The van der Waals surface area contributed by atoms with Gasteiger partial charge in [-0.2, -0.15) is 5.26 Å². The molecule has 1 aromatic carbocycles. The van der Waals surface area contributed by atoms with E-state index in [0.717, 1.165) is 11.3 Å². The molecule has 0 aliphatic rings. The highest BCUT2D eigenvalue weighted by atomic mass is 16.5. The lowest BCUT2D eigenvalue weighted by Gasteiger charge is -2.03. The molecule has 0 bridgehead atoms. The van der Waals surface area contributed by atoms with Gasteiger partial charge in [0.1, 0.15) is 5.75 Å². The fourth-order valence-corrected chi connectivity index (χ4v) is 0.975. The molecule has 0 fully saturated rings. The van der Waals surface area contributed by atoms with Crippen molar-refractivity contribution >= 4 is 7.85 Å². The lowest BCUT2D eigenvalue weighted by Crippen LogP contribution is -1.91. The van der Waals surface area contributed by atoms with Gasteiger partial charge in [-0.15, -0.1) is 0 Å². The molecule has 0 aromatic heterocycles. The lowest BCUT2D eigenvalue weighted by molar-refractivity contribution is 0.414. The molecule has 0 heterocycles. The molecule has 0 atom stereocenters. The molecule has 0 aliphatic heterocycles. The summed E-state index contributed by atoms with van der Waals surface area (Å²) in [5.41, 5.74) is 1.43. The van der Waals surface area contributed by atoms with Crippen molar-refractivity contribution in [3.63, 3.8) is 0 Å². The summed E-state index contributed by atoms with van der Waals surface area (Å²) in [5.74, 6) is 0.731. The lowest BCUT2D eigenvalue weighted by atomic mass is 9.93. The van der Waals surface area contributed by atoms with Crippen LogP contribution in [-0.4, -0.2) is 15.0 Å². The van der Waals surface area contributed by atoms with Crippen LogP contribution < -0.4 is 4.74 Å². The van der Waals surface area contributed by atoms with Crippen LogP contribution in [0, 0.1) is 11.3 Å². The third-order valence-electron chi connectivity index (χ3n) is 1.65. The first kappa shape index (κ1) is 8.67. The average molecular weight is 157 g/mol. The minimum Gasteiger partial charge on any atom is -0.497 e. The highest BCUT2D eigenvalue weighted by Crippen LogP contribution is 2.16. The van der Waals surface area contributed by atoms with Gasteiger partial charge in [-0.05, 0) is 23.8 Å². The molecule has 0 N–H and O–H groups in total. The second-order valence-electron chi connectivity index (χ2n) is 2.34. The molecular formula is C9H8BNO. The zero-order chi connectivity index (χ0) is 8.97. The largest absolute Gasteiger partial charge is 0.497 e. The molecule has 0 saturated heterocycles. The van der Waals surface area contributed by atoms with E-state index >= 15 is 0 Å². The molecule has 2 nitrogen and oxygen atoms in total. The van der Waals surface area contributed by atoms with Gasteiger partial charge in [-0.25, -0.2) is 0 Å². The summed E-state index contributed by atoms with van der Waals surface area (Å²) in [5, 5.41) is 8.67. The van der Waals surface area contributed by atoms with Crippen LogP contribution in [0.1, 0.15) is 11.1 Å². The maximum Gasteiger partial charge on any atom is 0.119 e. The predicted molar refractivity (Wildman–Crippen MR) is 47.2 cm³/mol. The van der Waals surface area contributed by atoms with Crippen molar-refractivity contribution in [2.45, 2.75) is 6.32 Å². The van der Waals surface area contributed by atoms with Gasteiger partial charge in [0.05, 0.1) is 26.6 Å². The van der Waals surface area contributed by atoms with Gasteiger partial charge in [0.25, 0.3) is 0 Å². The molecule has 58 valence electrons. The number of hydrogen-bond donors (Lipinski definition) is 0. The number of hydrogen-bond acceptors (Lipinski definition) is 2. The topological polar surface area (TPSA) is 33.0 Å². The third kappa shape index (κ3) is 1.59. The smallest absolute Gasteiger partial charge is 0.119 e. The van der Waals surface area contributed by atoms with E-state index in [-0.39, 0.29) is 0 Å². The number of rotatable bonds is 2. The van der Waals surface area contributed by atoms with Crippen LogP contribution in [0.3, 0.4) is 0 Å². The van der Waals surface area contributed by atoms with Crippen LogP contribution in [0.2, 0.25) is 0 Å². The molecular weight excluding hydrogens is 149 g/mol. The normalized spacial score (nSPS) is 9.00. The van der Waals surface area contributed by atoms with Gasteiger partial charge in [0, 0.05) is 0 Å². The second-order valence-corrected chi connectivity index (χ2v) is 2.34. The summed E-state index contributed by atoms with van der Waals surface area (Å²) in [6.45, 7) is 0. The SMILES string of the molecule is [B]Cc1cc(OC)ccc1C#N. The monoisotopic (exact) mass is 157 g/mol. The number of methoxy groups -OCH3 is 1. The highest BCUT2D eigenvalue weighted by molar-refractivity contribution is 6.08. The molecule has 0 saturated carbocycles. The maximum absolute atomic E-state index is 8.67. The quantitative estimate of drug-likeness (QED) is 0.605. The molecule has 0 amide bonds. The van der Waals surface area contributed by atoms with Crippen molar-refractivity contribution in [2.75, 3.05) is 7.11 Å². The van der Waals surface area contributed by atoms with Gasteiger partial charge in [-0.1, -0.05) is 6.32 Å². The molecule has 1 aromatic rings. The number of ether oxygens (including phenoxy) is 1. The number of nitriles is 1. The summed E-state index contributed by atoms with van der Waals surface area (Å²) in [4.78, 5) is 0. The van der Waals surface area contributed by atoms with Crippen molar-refractivity contribution in [2.24, 2.45) is 0 Å². The van der Waals surface area contributed by atoms with Crippen LogP contribution in [0.5, 0.6) is 5.75 Å². The first-order chi connectivity index (χ1) is 5.81. The molecule has 3 heteroatoms. The zero-order valence-corrected chi connectivity index (χ0v) is 6.87. The minimum atomic E-state index is 0.361. The average Bonchev–Trinajstić information content (AvgIpc) is 2.16. The molecule has 0 unspecified atom stereocenters. The van der Waals surface area contributed by atoms with Crippen molar-refractivity contribution in [3.8, 4) is 11.8 Å². The van der Waals surface area contributed by atoms with Gasteiger partial charge < -0.3 is 4.74 Å². The van der Waals surface area contributed by atoms with E-state index in [2.05, 4.69) is 6.07 Å². The van der Waals surface area contributed by atoms with Gasteiger partial charge >= 0.3 is 0 Å². The Balaban J connectivity index is 3.13. The predicted octanol–water partition coefficient (Wildman–Crippen LogP) is 1.24. The Morgan fingerprint density at radius 3 is 2.83 bits per heavy atom. The minimum absolute atomic E-state index is 0.361. The van der Waals surface area contributed by atoms with Crippen molar-refractivity contribution in [1.82, 2.24) is 0 Å². The van der Waals surface area contributed by atoms with E-state index < -0.39 is 0 Å². The van der Waals surface area contributed by atoms with Gasteiger partial charge in [0.15, 0.2) is 0 Å². The fraction of sp³-hybridized carbons (Fsp3) is 0.222. The van der Waals surface area contributed by atoms with Crippen LogP contribution in [0.15, 0.2) is 18.2 Å².